The quantitative estimate of drug-likeness (QED) is 0.926. The third-order valence-electron chi connectivity index (χ3n) is 3.47. The summed E-state index contributed by atoms with van der Waals surface area (Å²) in [6, 6.07) is 8.39. The highest BCUT2D eigenvalue weighted by Gasteiger charge is 2.20. The molecular formula is C14H16BrN3. The molecule has 0 atom stereocenters. The van der Waals surface area contributed by atoms with Gasteiger partial charge in [0.05, 0.1) is 5.69 Å². The number of nitrogens with zero attached hydrogens (tertiary/aromatic N) is 2. The third kappa shape index (κ3) is 1.99. The van der Waals surface area contributed by atoms with Gasteiger partial charge in [-0.2, -0.15) is 5.10 Å². The smallest absolute Gasteiger partial charge is 0.0841 e. The standard InChI is InChI=1S/C14H16BrN3/c15-11-5-3-4-10(8-11)14-12(9-16)17-18-7-2-1-6-13(14)18/h3-5,8H,1-2,6-7,9,16H2. The zero-order valence-electron chi connectivity index (χ0n) is 10.2. The SMILES string of the molecule is NCc1nn2c(c1-c1cccc(Br)c1)CCCC2. The first kappa shape index (κ1) is 11.9. The van der Waals surface area contributed by atoms with Crippen LogP contribution in [0.2, 0.25) is 0 Å². The Morgan fingerprint density at radius 2 is 2.22 bits per heavy atom. The maximum absolute atomic E-state index is 5.85. The maximum atomic E-state index is 5.85. The number of rotatable bonds is 2. The van der Waals surface area contributed by atoms with E-state index in [4.69, 9.17) is 5.73 Å². The van der Waals surface area contributed by atoms with E-state index in [0.717, 1.165) is 23.1 Å². The second-order valence-corrected chi connectivity index (χ2v) is 5.58. The van der Waals surface area contributed by atoms with Crippen LogP contribution in [0.15, 0.2) is 28.7 Å². The molecule has 4 heteroatoms. The monoisotopic (exact) mass is 305 g/mol. The van der Waals surface area contributed by atoms with Crippen LogP contribution in [0.4, 0.5) is 0 Å². The van der Waals surface area contributed by atoms with Crippen molar-refractivity contribution >= 4 is 15.9 Å². The fourth-order valence-corrected chi connectivity index (χ4v) is 3.06. The Balaban J connectivity index is 2.18. The summed E-state index contributed by atoms with van der Waals surface area (Å²) < 4.78 is 3.24. The van der Waals surface area contributed by atoms with Crippen molar-refractivity contribution < 1.29 is 0 Å². The number of aromatic nitrogens is 2. The number of nitrogens with two attached hydrogens (primary N) is 1. The zero-order valence-corrected chi connectivity index (χ0v) is 11.8. The Hall–Kier alpha value is -1.13. The van der Waals surface area contributed by atoms with Crippen molar-refractivity contribution in [2.45, 2.75) is 32.4 Å². The van der Waals surface area contributed by atoms with Gasteiger partial charge in [0, 0.05) is 28.8 Å². The summed E-state index contributed by atoms with van der Waals surface area (Å²) in [5, 5.41) is 4.65. The van der Waals surface area contributed by atoms with Gasteiger partial charge in [0.25, 0.3) is 0 Å². The number of fused-ring (bicyclic) bond motifs is 1. The molecule has 18 heavy (non-hydrogen) atoms. The number of halogens is 1. The number of benzene rings is 1. The van der Waals surface area contributed by atoms with Crippen LogP contribution in [-0.4, -0.2) is 9.78 Å². The molecule has 0 amide bonds. The fourth-order valence-electron chi connectivity index (χ4n) is 2.66. The van der Waals surface area contributed by atoms with Crippen molar-refractivity contribution in [2.24, 2.45) is 5.73 Å². The van der Waals surface area contributed by atoms with Crippen molar-refractivity contribution in [3.05, 3.63) is 40.1 Å². The first-order valence-electron chi connectivity index (χ1n) is 6.34. The van der Waals surface area contributed by atoms with Gasteiger partial charge in [-0.1, -0.05) is 28.1 Å². The molecule has 0 radical (unpaired) electrons. The average Bonchev–Trinajstić information content (AvgIpc) is 2.77. The second-order valence-electron chi connectivity index (χ2n) is 4.66. The van der Waals surface area contributed by atoms with Crippen molar-refractivity contribution in [1.82, 2.24) is 9.78 Å². The van der Waals surface area contributed by atoms with Gasteiger partial charge >= 0.3 is 0 Å². The van der Waals surface area contributed by atoms with Gasteiger partial charge in [0.15, 0.2) is 0 Å². The van der Waals surface area contributed by atoms with E-state index < -0.39 is 0 Å². The van der Waals surface area contributed by atoms with E-state index >= 15 is 0 Å². The first-order chi connectivity index (χ1) is 8.79. The molecule has 0 saturated heterocycles. The molecule has 1 aromatic carbocycles. The van der Waals surface area contributed by atoms with Crippen molar-refractivity contribution in [1.29, 1.82) is 0 Å². The molecule has 2 heterocycles. The second kappa shape index (κ2) is 4.86. The van der Waals surface area contributed by atoms with Crippen LogP contribution < -0.4 is 5.73 Å². The zero-order chi connectivity index (χ0) is 12.5. The molecule has 0 aliphatic carbocycles. The highest BCUT2D eigenvalue weighted by atomic mass is 79.9. The first-order valence-corrected chi connectivity index (χ1v) is 7.13. The normalized spacial score (nSPS) is 14.6. The lowest BCUT2D eigenvalue weighted by Crippen LogP contribution is -2.11. The van der Waals surface area contributed by atoms with Crippen LogP contribution in [0.1, 0.15) is 24.2 Å². The Morgan fingerprint density at radius 3 is 3.00 bits per heavy atom. The van der Waals surface area contributed by atoms with Gasteiger partial charge in [0.2, 0.25) is 0 Å². The van der Waals surface area contributed by atoms with Gasteiger partial charge < -0.3 is 5.73 Å². The molecule has 3 nitrogen and oxygen atoms in total. The maximum Gasteiger partial charge on any atom is 0.0841 e. The summed E-state index contributed by atoms with van der Waals surface area (Å²) in [5.74, 6) is 0. The Labute approximate surface area is 115 Å². The van der Waals surface area contributed by atoms with Crippen LogP contribution in [0, 0.1) is 0 Å². The predicted octanol–water partition coefficient (Wildman–Crippen LogP) is 3.11. The van der Waals surface area contributed by atoms with E-state index in [1.165, 1.54) is 29.7 Å². The fraction of sp³-hybridized carbons (Fsp3) is 0.357. The highest BCUT2D eigenvalue weighted by Crippen LogP contribution is 2.32. The van der Waals surface area contributed by atoms with E-state index in [0.29, 0.717) is 6.54 Å². The largest absolute Gasteiger partial charge is 0.325 e. The highest BCUT2D eigenvalue weighted by molar-refractivity contribution is 9.10. The van der Waals surface area contributed by atoms with Crippen LogP contribution in [0.3, 0.4) is 0 Å². The van der Waals surface area contributed by atoms with Gasteiger partial charge in [-0.15, -0.1) is 0 Å². The summed E-state index contributed by atoms with van der Waals surface area (Å²) in [5.41, 5.74) is 10.7. The lowest BCUT2D eigenvalue weighted by Gasteiger charge is -2.14. The topological polar surface area (TPSA) is 43.8 Å². The summed E-state index contributed by atoms with van der Waals surface area (Å²) >= 11 is 3.53. The minimum absolute atomic E-state index is 0.502. The third-order valence-corrected chi connectivity index (χ3v) is 3.96. The molecular weight excluding hydrogens is 290 g/mol. The molecule has 1 aromatic heterocycles. The molecule has 0 bridgehead atoms. The van der Waals surface area contributed by atoms with Gasteiger partial charge in [-0.05, 0) is 37.0 Å². The molecule has 1 aliphatic heterocycles. The van der Waals surface area contributed by atoms with E-state index in [1.807, 2.05) is 6.07 Å². The van der Waals surface area contributed by atoms with Gasteiger partial charge in [-0.3, -0.25) is 4.68 Å². The molecule has 0 saturated carbocycles. The molecule has 1 aliphatic rings. The molecule has 3 rings (SSSR count). The number of aryl methyl sites for hydroxylation is 1. The van der Waals surface area contributed by atoms with Crippen molar-refractivity contribution in [3.63, 3.8) is 0 Å². The molecule has 0 unspecified atom stereocenters. The van der Waals surface area contributed by atoms with Crippen LogP contribution >= 0.6 is 15.9 Å². The van der Waals surface area contributed by atoms with Gasteiger partial charge in [0.1, 0.15) is 0 Å². The van der Waals surface area contributed by atoms with Crippen LogP contribution in [-0.2, 0) is 19.5 Å². The number of hydrogen-bond donors (Lipinski definition) is 1. The van der Waals surface area contributed by atoms with Crippen LogP contribution in [0.5, 0.6) is 0 Å². The molecule has 94 valence electrons. The number of hydrogen-bond acceptors (Lipinski definition) is 2. The van der Waals surface area contributed by atoms with Crippen molar-refractivity contribution in [3.8, 4) is 11.1 Å². The molecule has 0 spiro atoms. The summed E-state index contributed by atoms with van der Waals surface area (Å²) in [6.07, 6.45) is 3.57. The van der Waals surface area contributed by atoms with Crippen LogP contribution in [0.25, 0.3) is 11.1 Å². The van der Waals surface area contributed by atoms with E-state index in [-0.39, 0.29) is 0 Å². The van der Waals surface area contributed by atoms with Gasteiger partial charge in [-0.25, -0.2) is 0 Å². The Morgan fingerprint density at radius 1 is 1.33 bits per heavy atom. The Kier molecular flexibility index (Phi) is 3.22. The lowest BCUT2D eigenvalue weighted by atomic mass is 9.98. The lowest BCUT2D eigenvalue weighted by molar-refractivity contribution is 0.484. The molecule has 2 aromatic rings. The Bertz CT molecular complexity index is 574. The predicted molar refractivity (Wildman–Crippen MR) is 76.2 cm³/mol. The minimum atomic E-state index is 0.502. The minimum Gasteiger partial charge on any atom is -0.325 e. The van der Waals surface area contributed by atoms with Crippen molar-refractivity contribution in [2.75, 3.05) is 0 Å². The summed E-state index contributed by atoms with van der Waals surface area (Å²) in [7, 11) is 0. The van der Waals surface area contributed by atoms with E-state index in [9.17, 15) is 0 Å². The molecule has 2 N–H and O–H groups in total. The van der Waals surface area contributed by atoms with E-state index in [2.05, 4.69) is 43.9 Å². The molecule has 0 fully saturated rings. The average molecular weight is 306 g/mol. The van der Waals surface area contributed by atoms with E-state index in [1.54, 1.807) is 0 Å². The summed E-state index contributed by atoms with van der Waals surface area (Å²) in [6.45, 7) is 1.53. The summed E-state index contributed by atoms with van der Waals surface area (Å²) in [4.78, 5) is 0.